The summed E-state index contributed by atoms with van der Waals surface area (Å²) < 4.78 is 12.1. The number of rotatable bonds is 4. The Labute approximate surface area is 119 Å². The average molecular weight is 272 g/mol. The maximum absolute atomic E-state index is 6.05. The van der Waals surface area contributed by atoms with Gasteiger partial charge in [0.15, 0.2) is 11.5 Å². The molecule has 0 amide bonds. The Morgan fingerprint density at radius 3 is 1.55 bits per heavy atom. The van der Waals surface area contributed by atoms with E-state index in [1.165, 1.54) is 0 Å². The van der Waals surface area contributed by atoms with Gasteiger partial charge in [0.25, 0.3) is 0 Å². The van der Waals surface area contributed by atoms with Gasteiger partial charge in [0.2, 0.25) is 0 Å². The first-order valence-electron chi connectivity index (χ1n) is 7.18. The second-order valence-electron chi connectivity index (χ2n) is 5.68. The standard InChI is InChI=1S/C16H20N2O2/c1-9(2)19-15-11-5-7-17-13(11)14-12(6-8-18-14)16(15)20-10(3)4/h7-10H,5-6H2,1-4H3. The van der Waals surface area contributed by atoms with Crippen LogP contribution in [0.3, 0.4) is 0 Å². The monoisotopic (exact) mass is 272 g/mol. The van der Waals surface area contributed by atoms with Crippen LogP contribution in [0.4, 0.5) is 11.4 Å². The predicted octanol–water partition coefficient (Wildman–Crippen LogP) is 3.78. The molecule has 0 saturated carbocycles. The molecule has 0 N–H and O–H groups in total. The van der Waals surface area contributed by atoms with Crippen LogP contribution in [0.15, 0.2) is 9.98 Å². The van der Waals surface area contributed by atoms with E-state index in [0.717, 1.165) is 46.8 Å². The lowest BCUT2D eigenvalue weighted by Crippen LogP contribution is -2.13. The molecule has 0 unspecified atom stereocenters. The molecule has 0 aromatic heterocycles. The molecule has 2 aliphatic rings. The smallest absolute Gasteiger partial charge is 0.167 e. The number of hydrogen-bond acceptors (Lipinski definition) is 4. The summed E-state index contributed by atoms with van der Waals surface area (Å²) in [7, 11) is 0. The van der Waals surface area contributed by atoms with Crippen LogP contribution in [0.2, 0.25) is 0 Å². The highest BCUT2D eigenvalue weighted by molar-refractivity contribution is 5.94. The van der Waals surface area contributed by atoms with Crippen molar-refractivity contribution in [3.8, 4) is 11.5 Å². The molecule has 4 nitrogen and oxygen atoms in total. The quantitative estimate of drug-likeness (QED) is 0.837. The Kier molecular flexibility index (Phi) is 3.24. The first-order valence-corrected chi connectivity index (χ1v) is 7.18. The van der Waals surface area contributed by atoms with Gasteiger partial charge >= 0.3 is 0 Å². The highest BCUT2D eigenvalue weighted by Crippen LogP contribution is 2.52. The molecule has 2 aliphatic heterocycles. The fourth-order valence-electron chi connectivity index (χ4n) is 2.61. The van der Waals surface area contributed by atoms with Crippen molar-refractivity contribution in [2.24, 2.45) is 9.98 Å². The van der Waals surface area contributed by atoms with Gasteiger partial charge in [0, 0.05) is 36.4 Å². The van der Waals surface area contributed by atoms with Crippen LogP contribution in [0, 0.1) is 0 Å². The number of nitrogens with zero attached hydrogens (tertiary/aromatic N) is 2. The molecule has 106 valence electrons. The van der Waals surface area contributed by atoms with E-state index in [9.17, 15) is 0 Å². The molecular weight excluding hydrogens is 252 g/mol. The average Bonchev–Trinajstić information content (AvgIpc) is 2.99. The van der Waals surface area contributed by atoms with E-state index >= 15 is 0 Å². The number of ether oxygens (including phenoxy) is 2. The van der Waals surface area contributed by atoms with Crippen LogP contribution < -0.4 is 9.47 Å². The molecule has 4 heteroatoms. The summed E-state index contributed by atoms with van der Waals surface area (Å²) in [5, 5.41) is 0. The van der Waals surface area contributed by atoms with Crippen molar-refractivity contribution >= 4 is 23.8 Å². The second kappa shape index (κ2) is 4.93. The SMILES string of the molecule is CC(C)Oc1c2c(c3c(c1OC(C)C)CC=N3)N=CC2. The molecule has 0 aliphatic carbocycles. The van der Waals surface area contributed by atoms with Gasteiger partial charge in [-0.2, -0.15) is 0 Å². The second-order valence-corrected chi connectivity index (χ2v) is 5.68. The molecule has 3 rings (SSSR count). The van der Waals surface area contributed by atoms with Crippen LogP contribution in [0.5, 0.6) is 11.5 Å². The van der Waals surface area contributed by atoms with Gasteiger partial charge in [-0.25, -0.2) is 0 Å². The number of benzene rings is 1. The van der Waals surface area contributed by atoms with Crippen molar-refractivity contribution < 1.29 is 9.47 Å². The molecule has 1 aromatic rings. The van der Waals surface area contributed by atoms with E-state index in [4.69, 9.17) is 9.47 Å². The molecule has 0 saturated heterocycles. The van der Waals surface area contributed by atoms with Crippen molar-refractivity contribution in [3.05, 3.63) is 11.1 Å². The topological polar surface area (TPSA) is 43.2 Å². The fourth-order valence-corrected chi connectivity index (χ4v) is 2.61. The summed E-state index contributed by atoms with van der Waals surface area (Å²) in [6.45, 7) is 8.13. The van der Waals surface area contributed by atoms with Crippen molar-refractivity contribution in [3.63, 3.8) is 0 Å². The maximum atomic E-state index is 6.05. The molecule has 20 heavy (non-hydrogen) atoms. The third-order valence-corrected chi connectivity index (χ3v) is 3.29. The Morgan fingerprint density at radius 1 is 0.800 bits per heavy atom. The minimum absolute atomic E-state index is 0.106. The third kappa shape index (κ3) is 2.09. The molecule has 0 spiro atoms. The number of hydrogen-bond donors (Lipinski definition) is 0. The molecule has 1 aromatic carbocycles. The van der Waals surface area contributed by atoms with Gasteiger partial charge in [-0.3, -0.25) is 9.98 Å². The normalized spacial score (nSPS) is 15.1. The van der Waals surface area contributed by atoms with Crippen LogP contribution >= 0.6 is 0 Å². The summed E-state index contributed by atoms with van der Waals surface area (Å²) in [4.78, 5) is 8.97. The van der Waals surface area contributed by atoms with E-state index < -0.39 is 0 Å². The van der Waals surface area contributed by atoms with Crippen molar-refractivity contribution in [1.82, 2.24) is 0 Å². The summed E-state index contributed by atoms with van der Waals surface area (Å²) in [6, 6.07) is 0. The molecule has 0 radical (unpaired) electrons. The Hall–Kier alpha value is -1.84. The van der Waals surface area contributed by atoms with Crippen molar-refractivity contribution in [2.75, 3.05) is 0 Å². The largest absolute Gasteiger partial charge is 0.487 e. The lowest BCUT2D eigenvalue weighted by Gasteiger charge is -2.22. The van der Waals surface area contributed by atoms with Gasteiger partial charge in [-0.1, -0.05) is 0 Å². The summed E-state index contributed by atoms with van der Waals surface area (Å²) in [6.07, 6.45) is 5.63. The van der Waals surface area contributed by atoms with Gasteiger partial charge in [-0.05, 0) is 27.7 Å². The van der Waals surface area contributed by atoms with Gasteiger partial charge < -0.3 is 9.47 Å². The van der Waals surface area contributed by atoms with E-state index in [-0.39, 0.29) is 12.2 Å². The van der Waals surface area contributed by atoms with Crippen molar-refractivity contribution in [2.45, 2.75) is 52.7 Å². The molecular formula is C16H20N2O2. The Balaban J connectivity index is 2.19. The maximum Gasteiger partial charge on any atom is 0.167 e. The van der Waals surface area contributed by atoms with E-state index in [2.05, 4.69) is 9.98 Å². The molecule has 2 heterocycles. The first kappa shape index (κ1) is 13.2. The molecule has 0 atom stereocenters. The summed E-state index contributed by atoms with van der Waals surface area (Å²) in [5.74, 6) is 1.70. The lowest BCUT2D eigenvalue weighted by molar-refractivity contribution is 0.196. The molecule has 0 bridgehead atoms. The summed E-state index contributed by atoms with van der Waals surface area (Å²) >= 11 is 0. The van der Waals surface area contributed by atoms with Crippen LogP contribution in [-0.4, -0.2) is 24.6 Å². The van der Waals surface area contributed by atoms with Gasteiger partial charge in [0.05, 0.1) is 23.6 Å². The van der Waals surface area contributed by atoms with E-state index in [1.54, 1.807) is 0 Å². The Morgan fingerprint density at radius 2 is 1.20 bits per heavy atom. The summed E-state index contributed by atoms with van der Waals surface area (Å²) in [5.41, 5.74) is 4.13. The predicted molar refractivity (Wildman–Crippen MR) is 81.7 cm³/mol. The third-order valence-electron chi connectivity index (χ3n) is 3.29. The highest BCUT2D eigenvalue weighted by Gasteiger charge is 2.29. The zero-order valence-electron chi connectivity index (χ0n) is 12.4. The fraction of sp³-hybridized carbons (Fsp3) is 0.500. The van der Waals surface area contributed by atoms with Gasteiger partial charge in [0.1, 0.15) is 0 Å². The van der Waals surface area contributed by atoms with Crippen LogP contribution in [-0.2, 0) is 12.8 Å². The number of aliphatic imine (C=N–C) groups is 2. The zero-order chi connectivity index (χ0) is 14.3. The lowest BCUT2D eigenvalue weighted by atomic mass is 10.0. The van der Waals surface area contributed by atoms with Gasteiger partial charge in [-0.15, -0.1) is 0 Å². The van der Waals surface area contributed by atoms with Crippen LogP contribution in [0.25, 0.3) is 0 Å². The highest BCUT2D eigenvalue weighted by atomic mass is 16.5. The van der Waals surface area contributed by atoms with Crippen molar-refractivity contribution in [1.29, 1.82) is 0 Å². The number of fused-ring (bicyclic) bond motifs is 3. The minimum atomic E-state index is 0.106. The van der Waals surface area contributed by atoms with E-state index in [1.807, 2.05) is 40.1 Å². The zero-order valence-corrected chi connectivity index (χ0v) is 12.4. The first-order chi connectivity index (χ1) is 9.58. The van der Waals surface area contributed by atoms with Crippen LogP contribution in [0.1, 0.15) is 38.8 Å². The molecule has 0 fully saturated rings. The Bertz CT molecular complexity index is 548. The van der Waals surface area contributed by atoms with E-state index in [0.29, 0.717) is 0 Å². The minimum Gasteiger partial charge on any atom is -0.487 e.